The van der Waals surface area contributed by atoms with Gasteiger partial charge in [0, 0.05) is 13.1 Å². The van der Waals surface area contributed by atoms with Crippen molar-refractivity contribution >= 4 is 0 Å². The number of hydrogen-bond donors (Lipinski definition) is 0. The van der Waals surface area contributed by atoms with Crippen LogP contribution in [-0.4, -0.2) is 24.5 Å². The molecule has 1 nitrogen and oxygen atoms in total. The molecule has 0 radical (unpaired) electrons. The zero-order valence-electron chi connectivity index (χ0n) is 13.2. The van der Waals surface area contributed by atoms with Crippen LogP contribution in [0.4, 0.5) is 0 Å². The minimum absolute atomic E-state index is 1.15. The number of unbranched alkanes of at least 4 members (excludes halogenated alkanes) is 1. The molecular formula is C20H27N. The molecule has 0 saturated carbocycles. The van der Waals surface area contributed by atoms with Crippen molar-refractivity contribution in [3.8, 4) is 0 Å². The molecule has 0 saturated heterocycles. The first-order valence-corrected chi connectivity index (χ1v) is 8.18. The fourth-order valence-electron chi connectivity index (χ4n) is 2.58. The predicted octanol–water partition coefficient (Wildman–Crippen LogP) is 4.57. The Morgan fingerprint density at radius 1 is 0.667 bits per heavy atom. The van der Waals surface area contributed by atoms with Crippen LogP contribution in [0.25, 0.3) is 0 Å². The van der Waals surface area contributed by atoms with Crippen molar-refractivity contribution in [2.75, 3.05) is 19.6 Å². The third-order valence-electron chi connectivity index (χ3n) is 3.95. The molecule has 2 rings (SSSR count). The molecular weight excluding hydrogens is 254 g/mol. The predicted molar refractivity (Wildman–Crippen MR) is 91.6 cm³/mol. The fourth-order valence-corrected chi connectivity index (χ4v) is 2.58. The molecule has 2 aromatic rings. The molecule has 0 aliphatic rings. The summed E-state index contributed by atoms with van der Waals surface area (Å²) >= 11 is 0. The van der Waals surface area contributed by atoms with Gasteiger partial charge in [-0.2, -0.15) is 0 Å². The Hall–Kier alpha value is -1.60. The molecule has 0 aliphatic carbocycles. The van der Waals surface area contributed by atoms with Crippen LogP contribution < -0.4 is 0 Å². The van der Waals surface area contributed by atoms with Gasteiger partial charge in [0.25, 0.3) is 0 Å². The molecule has 0 amide bonds. The molecule has 0 unspecified atom stereocenters. The Balaban J connectivity index is 1.82. The molecule has 21 heavy (non-hydrogen) atoms. The van der Waals surface area contributed by atoms with Crippen molar-refractivity contribution in [1.82, 2.24) is 4.90 Å². The summed E-state index contributed by atoms with van der Waals surface area (Å²) in [6.07, 6.45) is 4.87. The van der Waals surface area contributed by atoms with Crippen LogP contribution in [0.2, 0.25) is 0 Å². The standard InChI is InChI=1S/C20H27N/c1-2-3-16-21(17-14-19-10-6-4-7-11-19)18-15-20-12-8-5-9-13-20/h4-13H,2-3,14-18H2,1H3. The first kappa shape index (κ1) is 15.8. The van der Waals surface area contributed by atoms with E-state index in [1.807, 2.05) is 0 Å². The zero-order chi connectivity index (χ0) is 14.8. The van der Waals surface area contributed by atoms with Crippen LogP contribution in [0.3, 0.4) is 0 Å². The third-order valence-corrected chi connectivity index (χ3v) is 3.95. The van der Waals surface area contributed by atoms with Gasteiger partial charge in [-0.3, -0.25) is 0 Å². The first-order valence-electron chi connectivity index (χ1n) is 8.18. The molecule has 1 heteroatoms. The molecule has 0 aromatic heterocycles. The van der Waals surface area contributed by atoms with E-state index in [4.69, 9.17) is 0 Å². The van der Waals surface area contributed by atoms with Crippen LogP contribution in [0.5, 0.6) is 0 Å². The summed E-state index contributed by atoms with van der Waals surface area (Å²) in [5.74, 6) is 0. The Morgan fingerprint density at radius 3 is 1.57 bits per heavy atom. The normalized spacial score (nSPS) is 11.0. The van der Waals surface area contributed by atoms with Crippen LogP contribution in [0.1, 0.15) is 30.9 Å². The van der Waals surface area contributed by atoms with Gasteiger partial charge in [-0.05, 0) is 36.9 Å². The quantitative estimate of drug-likeness (QED) is 0.650. The lowest BCUT2D eigenvalue weighted by Crippen LogP contribution is -2.29. The van der Waals surface area contributed by atoms with E-state index >= 15 is 0 Å². The summed E-state index contributed by atoms with van der Waals surface area (Å²) in [5.41, 5.74) is 2.89. The second kappa shape index (κ2) is 9.36. The van der Waals surface area contributed by atoms with E-state index in [-0.39, 0.29) is 0 Å². The number of benzene rings is 2. The lowest BCUT2D eigenvalue weighted by Gasteiger charge is -2.22. The Bertz CT molecular complexity index is 434. The maximum atomic E-state index is 2.61. The van der Waals surface area contributed by atoms with Gasteiger partial charge >= 0.3 is 0 Å². The second-order valence-electron chi connectivity index (χ2n) is 5.67. The maximum Gasteiger partial charge on any atom is 0.00219 e. The van der Waals surface area contributed by atoms with Gasteiger partial charge in [0.05, 0.1) is 0 Å². The highest BCUT2D eigenvalue weighted by atomic mass is 15.1. The molecule has 0 fully saturated rings. The Morgan fingerprint density at radius 2 is 1.14 bits per heavy atom. The van der Waals surface area contributed by atoms with E-state index < -0.39 is 0 Å². The van der Waals surface area contributed by atoms with E-state index in [1.165, 1.54) is 30.5 Å². The second-order valence-corrected chi connectivity index (χ2v) is 5.67. The van der Waals surface area contributed by atoms with E-state index in [1.54, 1.807) is 0 Å². The lowest BCUT2D eigenvalue weighted by molar-refractivity contribution is 0.276. The van der Waals surface area contributed by atoms with Gasteiger partial charge < -0.3 is 4.90 Å². The van der Waals surface area contributed by atoms with Gasteiger partial charge in [0.2, 0.25) is 0 Å². The van der Waals surface area contributed by atoms with Gasteiger partial charge in [-0.1, -0.05) is 74.0 Å². The van der Waals surface area contributed by atoms with E-state index in [2.05, 4.69) is 72.5 Å². The fraction of sp³-hybridized carbons (Fsp3) is 0.400. The largest absolute Gasteiger partial charge is 0.303 e. The maximum absolute atomic E-state index is 2.61. The molecule has 112 valence electrons. The molecule has 0 bridgehead atoms. The van der Waals surface area contributed by atoms with Gasteiger partial charge in [-0.15, -0.1) is 0 Å². The highest BCUT2D eigenvalue weighted by molar-refractivity contribution is 5.16. The van der Waals surface area contributed by atoms with E-state index in [0.29, 0.717) is 0 Å². The van der Waals surface area contributed by atoms with Crippen molar-refractivity contribution < 1.29 is 0 Å². The van der Waals surface area contributed by atoms with Crippen LogP contribution in [0.15, 0.2) is 60.7 Å². The van der Waals surface area contributed by atoms with Crippen LogP contribution in [0, 0.1) is 0 Å². The smallest absolute Gasteiger partial charge is 0.00219 e. The number of rotatable bonds is 9. The van der Waals surface area contributed by atoms with Crippen molar-refractivity contribution in [1.29, 1.82) is 0 Å². The minimum atomic E-state index is 1.15. The number of hydrogen-bond acceptors (Lipinski definition) is 1. The zero-order valence-corrected chi connectivity index (χ0v) is 13.2. The lowest BCUT2D eigenvalue weighted by atomic mass is 10.1. The molecule has 0 atom stereocenters. The molecule has 0 heterocycles. The SMILES string of the molecule is CCCCN(CCc1ccccc1)CCc1ccccc1. The summed E-state index contributed by atoms with van der Waals surface area (Å²) in [7, 11) is 0. The van der Waals surface area contributed by atoms with Crippen LogP contribution >= 0.6 is 0 Å². The van der Waals surface area contributed by atoms with Gasteiger partial charge in [0.1, 0.15) is 0 Å². The van der Waals surface area contributed by atoms with E-state index in [9.17, 15) is 0 Å². The van der Waals surface area contributed by atoms with E-state index in [0.717, 1.165) is 25.9 Å². The monoisotopic (exact) mass is 281 g/mol. The molecule has 2 aromatic carbocycles. The van der Waals surface area contributed by atoms with Crippen LogP contribution in [-0.2, 0) is 12.8 Å². The average Bonchev–Trinajstić information content (AvgIpc) is 2.56. The van der Waals surface area contributed by atoms with Crippen molar-refractivity contribution in [2.24, 2.45) is 0 Å². The number of nitrogens with zero attached hydrogens (tertiary/aromatic N) is 1. The van der Waals surface area contributed by atoms with Gasteiger partial charge in [-0.25, -0.2) is 0 Å². The molecule has 0 spiro atoms. The third kappa shape index (κ3) is 6.14. The van der Waals surface area contributed by atoms with Crippen molar-refractivity contribution in [3.05, 3.63) is 71.8 Å². The summed E-state index contributed by atoms with van der Waals surface area (Å²) in [6.45, 7) is 5.82. The summed E-state index contributed by atoms with van der Waals surface area (Å²) in [5, 5.41) is 0. The van der Waals surface area contributed by atoms with Crippen molar-refractivity contribution in [2.45, 2.75) is 32.6 Å². The molecule has 0 aliphatic heterocycles. The van der Waals surface area contributed by atoms with Crippen molar-refractivity contribution in [3.63, 3.8) is 0 Å². The highest BCUT2D eigenvalue weighted by Gasteiger charge is 2.05. The Labute approximate surface area is 129 Å². The topological polar surface area (TPSA) is 3.24 Å². The summed E-state index contributed by atoms with van der Waals surface area (Å²) in [6, 6.07) is 21.6. The van der Waals surface area contributed by atoms with Gasteiger partial charge in [0.15, 0.2) is 0 Å². The summed E-state index contributed by atoms with van der Waals surface area (Å²) in [4.78, 5) is 2.61. The summed E-state index contributed by atoms with van der Waals surface area (Å²) < 4.78 is 0. The Kier molecular flexibility index (Phi) is 7.03. The first-order chi connectivity index (χ1) is 10.4. The highest BCUT2D eigenvalue weighted by Crippen LogP contribution is 2.06. The molecule has 0 N–H and O–H groups in total. The average molecular weight is 281 g/mol. The minimum Gasteiger partial charge on any atom is -0.303 e.